The van der Waals surface area contributed by atoms with Gasteiger partial charge in [0.1, 0.15) is 0 Å². The molecule has 1 aromatic heterocycles. The van der Waals surface area contributed by atoms with E-state index in [1.165, 1.54) is 0 Å². The number of H-pyrrole nitrogens is 1. The first-order chi connectivity index (χ1) is 8.84. The minimum atomic E-state index is -0.0666. The standard InChI is InChI=1S/C13H15N3O2/c17-13(16-5-7-18-8-6-16)15-12-9-14-11-4-2-1-3-10(11)12/h1-4,9,14H,5-8H2,(H,15,17). The lowest BCUT2D eigenvalue weighted by Gasteiger charge is -2.26. The maximum atomic E-state index is 12.1. The Morgan fingerprint density at radius 3 is 2.89 bits per heavy atom. The summed E-state index contributed by atoms with van der Waals surface area (Å²) in [5.74, 6) is 0. The predicted octanol–water partition coefficient (Wildman–Crippen LogP) is 2.03. The first kappa shape index (κ1) is 11.1. The number of fused-ring (bicyclic) bond motifs is 1. The van der Waals surface area contributed by atoms with Gasteiger partial charge >= 0.3 is 6.03 Å². The lowest BCUT2D eigenvalue weighted by Crippen LogP contribution is -2.43. The van der Waals surface area contributed by atoms with E-state index in [-0.39, 0.29) is 6.03 Å². The molecule has 18 heavy (non-hydrogen) atoms. The maximum absolute atomic E-state index is 12.1. The van der Waals surface area contributed by atoms with Gasteiger partial charge in [-0.2, -0.15) is 0 Å². The number of rotatable bonds is 1. The second-order valence-electron chi connectivity index (χ2n) is 4.28. The lowest BCUT2D eigenvalue weighted by molar-refractivity contribution is 0.0565. The van der Waals surface area contributed by atoms with Gasteiger partial charge in [0.25, 0.3) is 0 Å². The monoisotopic (exact) mass is 245 g/mol. The zero-order valence-corrected chi connectivity index (χ0v) is 9.98. The molecule has 2 aromatic rings. The number of hydrogen-bond donors (Lipinski definition) is 2. The molecule has 1 aliphatic rings. The molecule has 2 heterocycles. The molecular weight excluding hydrogens is 230 g/mol. The predicted molar refractivity (Wildman–Crippen MR) is 69.7 cm³/mol. The van der Waals surface area contributed by atoms with Crippen molar-refractivity contribution in [2.45, 2.75) is 0 Å². The third-order valence-electron chi connectivity index (χ3n) is 3.13. The van der Waals surface area contributed by atoms with E-state index in [9.17, 15) is 4.79 Å². The van der Waals surface area contributed by atoms with E-state index in [0.717, 1.165) is 16.6 Å². The summed E-state index contributed by atoms with van der Waals surface area (Å²) in [5.41, 5.74) is 1.84. The number of carbonyl (C=O) groups excluding carboxylic acids is 1. The SMILES string of the molecule is O=C(Nc1c[nH]c2ccccc12)N1CCOCC1. The molecule has 2 amide bonds. The van der Waals surface area contributed by atoms with Gasteiger partial charge in [0.15, 0.2) is 0 Å². The number of nitrogens with one attached hydrogen (secondary N) is 2. The van der Waals surface area contributed by atoms with Gasteiger partial charge in [-0.15, -0.1) is 0 Å². The van der Waals surface area contributed by atoms with Gasteiger partial charge in [-0.1, -0.05) is 18.2 Å². The minimum Gasteiger partial charge on any atom is -0.378 e. The Hall–Kier alpha value is -2.01. The van der Waals surface area contributed by atoms with Crippen LogP contribution in [0.5, 0.6) is 0 Å². The number of aromatic amines is 1. The van der Waals surface area contributed by atoms with Crippen LogP contribution in [0.25, 0.3) is 10.9 Å². The van der Waals surface area contributed by atoms with Gasteiger partial charge in [-0.25, -0.2) is 4.79 Å². The van der Waals surface area contributed by atoms with Gasteiger partial charge in [0, 0.05) is 30.2 Å². The number of benzene rings is 1. The molecule has 0 bridgehead atoms. The Morgan fingerprint density at radius 1 is 1.28 bits per heavy atom. The smallest absolute Gasteiger partial charge is 0.322 e. The number of anilines is 1. The number of para-hydroxylation sites is 1. The second kappa shape index (κ2) is 4.70. The van der Waals surface area contributed by atoms with E-state index in [0.29, 0.717) is 26.3 Å². The highest BCUT2D eigenvalue weighted by atomic mass is 16.5. The summed E-state index contributed by atoms with van der Waals surface area (Å²) in [7, 11) is 0. The summed E-state index contributed by atoms with van der Waals surface area (Å²) in [6.07, 6.45) is 1.82. The van der Waals surface area contributed by atoms with Gasteiger partial charge in [-0.05, 0) is 6.07 Å². The average Bonchev–Trinajstić information content (AvgIpc) is 2.83. The quantitative estimate of drug-likeness (QED) is 0.807. The molecule has 0 unspecified atom stereocenters. The van der Waals surface area contributed by atoms with Crippen molar-refractivity contribution in [2.75, 3.05) is 31.6 Å². The van der Waals surface area contributed by atoms with Gasteiger partial charge < -0.3 is 19.9 Å². The Balaban J connectivity index is 1.77. The summed E-state index contributed by atoms with van der Waals surface area (Å²) < 4.78 is 5.23. The highest BCUT2D eigenvalue weighted by molar-refractivity contribution is 6.00. The van der Waals surface area contributed by atoms with Gasteiger partial charge in [0.05, 0.1) is 18.9 Å². The molecule has 0 aliphatic carbocycles. The highest BCUT2D eigenvalue weighted by Gasteiger charge is 2.17. The topological polar surface area (TPSA) is 57.4 Å². The number of urea groups is 1. The van der Waals surface area contributed by atoms with Crippen LogP contribution in [-0.2, 0) is 4.74 Å². The molecule has 5 heteroatoms. The van der Waals surface area contributed by atoms with Crippen LogP contribution in [0.4, 0.5) is 10.5 Å². The van der Waals surface area contributed by atoms with Crippen molar-refractivity contribution >= 4 is 22.6 Å². The van der Waals surface area contributed by atoms with Crippen molar-refractivity contribution in [3.63, 3.8) is 0 Å². The number of hydrogen-bond acceptors (Lipinski definition) is 2. The van der Waals surface area contributed by atoms with Gasteiger partial charge in [-0.3, -0.25) is 0 Å². The van der Waals surface area contributed by atoms with Gasteiger partial charge in [0.2, 0.25) is 0 Å². The first-order valence-electron chi connectivity index (χ1n) is 6.04. The zero-order valence-electron chi connectivity index (χ0n) is 9.98. The Morgan fingerprint density at radius 2 is 2.06 bits per heavy atom. The molecule has 1 fully saturated rings. The van der Waals surface area contributed by atoms with E-state index < -0.39 is 0 Å². The number of amides is 2. The molecule has 0 saturated carbocycles. The molecular formula is C13H15N3O2. The Kier molecular flexibility index (Phi) is 2.90. The van der Waals surface area contributed by atoms with E-state index in [1.807, 2.05) is 30.5 Å². The molecule has 5 nitrogen and oxygen atoms in total. The first-order valence-corrected chi connectivity index (χ1v) is 6.04. The summed E-state index contributed by atoms with van der Waals surface area (Å²) in [5, 5.41) is 3.96. The Bertz CT molecular complexity index is 558. The average molecular weight is 245 g/mol. The summed E-state index contributed by atoms with van der Waals surface area (Å²) in [4.78, 5) is 17.0. The molecule has 0 spiro atoms. The highest BCUT2D eigenvalue weighted by Crippen LogP contribution is 2.22. The fourth-order valence-corrected chi connectivity index (χ4v) is 2.14. The van der Waals surface area contributed by atoms with Crippen molar-refractivity contribution in [3.05, 3.63) is 30.5 Å². The maximum Gasteiger partial charge on any atom is 0.322 e. The number of carbonyl (C=O) groups is 1. The van der Waals surface area contributed by atoms with Crippen molar-refractivity contribution in [3.8, 4) is 0 Å². The molecule has 2 N–H and O–H groups in total. The van der Waals surface area contributed by atoms with Crippen LogP contribution >= 0.6 is 0 Å². The molecule has 94 valence electrons. The van der Waals surface area contributed by atoms with Crippen molar-refractivity contribution in [2.24, 2.45) is 0 Å². The van der Waals surface area contributed by atoms with Crippen molar-refractivity contribution in [1.82, 2.24) is 9.88 Å². The van der Waals surface area contributed by atoms with Crippen LogP contribution in [-0.4, -0.2) is 42.2 Å². The molecule has 1 saturated heterocycles. The molecule has 1 aromatic carbocycles. The van der Waals surface area contributed by atoms with Crippen molar-refractivity contribution in [1.29, 1.82) is 0 Å². The van der Waals surface area contributed by atoms with Crippen LogP contribution < -0.4 is 5.32 Å². The van der Waals surface area contributed by atoms with Crippen LogP contribution in [0.15, 0.2) is 30.5 Å². The third kappa shape index (κ3) is 2.04. The largest absolute Gasteiger partial charge is 0.378 e. The van der Waals surface area contributed by atoms with Crippen LogP contribution in [0, 0.1) is 0 Å². The van der Waals surface area contributed by atoms with Crippen LogP contribution in [0.1, 0.15) is 0 Å². The van der Waals surface area contributed by atoms with Crippen LogP contribution in [0.3, 0.4) is 0 Å². The molecule has 1 aliphatic heterocycles. The van der Waals surface area contributed by atoms with E-state index in [4.69, 9.17) is 4.74 Å². The number of ether oxygens (including phenoxy) is 1. The van der Waals surface area contributed by atoms with E-state index >= 15 is 0 Å². The lowest BCUT2D eigenvalue weighted by atomic mass is 10.2. The summed E-state index contributed by atoms with van der Waals surface area (Å²) in [6.45, 7) is 2.52. The zero-order chi connectivity index (χ0) is 12.4. The van der Waals surface area contributed by atoms with E-state index in [1.54, 1.807) is 4.90 Å². The van der Waals surface area contributed by atoms with Crippen molar-refractivity contribution < 1.29 is 9.53 Å². The molecule has 3 rings (SSSR count). The fraction of sp³-hybridized carbons (Fsp3) is 0.308. The fourth-order valence-electron chi connectivity index (χ4n) is 2.14. The number of aromatic nitrogens is 1. The molecule has 0 atom stereocenters. The second-order valence-corrected chi connectivity index (χ2v) is 4.28. The number of morpholine rings is 1. The number of nitrogens with zero attached hydrogens (tertiary/aromatic N) is 1. The minimum absolute atomic E-state index is 0.0666. The van der Waals surface area contributed by atoms with Crippen LogP contribution in [0.2, 0.25) is 0 Å². The molecule has 0 radical (unpaired) electrons. The summed E-state index contributed by atoms with van der Waals surface area (Å²) >= 11 is 0. The van der Waals surface area contributed by atoms with E-state index in [2.05, 4.69) is 10.3 Å². The summed E-state index contributed by atoms with van der Waals surface area (Å²) in [6, 6.07) is 7.83. The third-order valence-corrected chi connectivity index (χ3v) is 3.13. The normalized spacial score (nSPS) is 15.9. The Labute approximate surface area is 105 Å².